The second kappa shape index (κ2) is 7.31. The second-order valence-corrected chi connectivity index (χ2v) is 5.19. The zero-order chi connectivity index (χ0) is 12.0. The van der Waals surface area contributed by atoms with E-state index in [0.29, 0.717) is 0 Å². The Morgan fingerprint density at radius 2 is 1.81 bits per heavy atom. The molecule has 1 rings (SSSR count). The Labute approximate surface area is 112 Å². The lowest BCUT2D eigenvalue weighted by molar-refractivity contribution is 0.266. The third-order valence-corrected chi connectivity index (χ3v) is 3.98. The summed E-state index contributed by atoms with van der Waals surface area (Å²) in [7, 11) is 0. The summed E-state index contributed by atoms with van der Waals surface area (Å²) in [6.07, 6.45) is 2.39. The molecule has 0 radical (unpaired) electrons. The van der Waals surface area contributed by atoms with Crippen molar-refractivity contribution in [3.05, 3.63) is 33.3 Å². The molecule has 0 bridgehead atoms. The smallest absolute Gasteiger partial charge is 0.0551 e. The fraction of sp³-hybridized carbons (Fsp3) is 0.538. The van der Waals surface area contributed by atoms with Gasteiger partial charge in [-0.2, -0.15) is 0 Å². The second-order valence-electron chi connectivity index (χ2n) is 3.99. The molecule has 0 N–H and O–H groups in total. The summed E-state index contributed by atoms with van der Waals surface area (Å²) in [6, 6.07) is 6.06. The number of hydrogen-bond acceptors (Lipinski definition) is 1. The van der Waals surface area contributed by atoms with Crippen molar-refractivity contribution in [3.8, 4) is 0 Å². The van der Waals surface area contributed by atoms with E-state index in [4.69, 9.17) is 11.6 Å². The first kappa shape index (κ1) is 14.0. The van der Waals surface area contributed by atoms with E-state index in [-0.39, 0.29) is 0 Å². The molecule has 1 aromatic rings. The molecule has 0 aliphatic carbocycles. The summed E-state index contributed by atoms with van der Waals surface area (Å²) in [5.41, 5.74) is 1.27. The van der Waals surface area contributed by atoms with E-state index >= 15 is 0 Å². The molecule has 0 unspecified atom stereocenters. The standard InChI is InChI=1S/C13H19BrClN/c1-3-8-16(9-4-2)10-11-6-5-7-12(15)13(11)14/h5-7H,3-4,8-10H2,1-2H3. The summed E-state index contributed by atoms with van der Waals surface area (Å²) in [5, 5.41) is 0.797. The molecule has 3 heteroatoms. The van der Waals surface area contributed by atoms with E-state index in [0.717, 1.165) is 29.1 Å². The van der Waals surface area contributed by atoms with Gasteiger partial charge in [0.25, 0.3) is 0 Å². The summed E-state index contributed by atoms with van der Waals surface area (Å²) in [4.78, 5) is 2.47. The van der Waals surface area contributed by atoms with Crippen LogP contribution in [0.2, 0.25) is 5.02 Å². The zero-order valence-corrected chi connectivity index (χ0v) is 12.3. The maximum Gasteiger partial charge on any atom is 0.0551 e. The number of hydrogen-bond donors (Lipinski definition) is 0. The van der Waals surface area contributed by atoms with Crippen molar-refractivity contribution in [2.45, 2.75) is 33.2 Å². The maximum atomic E-state index is 6.09. The highest BCUT2D eigenvalue weighted by Crippen LogP contribution is 2.27. The van der Waals surface area contributed by atoms with Gasteiger partial charge in [0, 0.05) is 11.0 Å². The van der Waals surface area contributed by atoms with Gasteiger partial charge in [-0.05, 0) is 53.5 Å². The molecule has 0 spiro atoms. The van der Waals surface area contributed by atoms with Crippen molar-refractivity contribution in [2.75, 3.05) is 13.1 Å². The Bertz CT molecular complexity index is 322. The van der Waals surface area contributed by atoms with Crippen molar-refractivity contribution in [1.82, 2.24) is 4.90 Å². The SMILES string of the molecule is CCCN(CCC)Cc1cccc(Cl)c1Br. The van der Waals surface area contributed by atoms with Gasteiger partial charge in [0.15, 0.2) is 0 Å². The van der Waals surface area contributed by atoms with Crippen molar-refractivity contribution >= 4 is 27.5 Å². The zero-order valence-electron chi connectivity index (χ0n) is 9.97. The molecule has 0 amide bonds. The number of benzene rings is 1. The summed E-state index contributed by atoms with van der Waals surface area (Å²) >= 11 is 9.64. The van der Waals surface area contributed by atoms with Crippen LogP contribution >= 0.6 is 27.5 Å². The predicted octanol–water partition coefficient (Wildman–Crippen LogP) is 4.72. The quantitative estimate of drug-likeness (QED) is 0.735. The van der Waals surface area contributed by atoms with Crippen LogP contribution in [0.15, 0.2) is 22.7 Å². The molecular formula is C13H19BrClN. The average molecular weight is 305 g/mol. The molecule has 0 fully saturated rings. The fourth-order valence-corrected chi connectivity index (χ4v) is 2.40. The van der Waals surface area contributed by atoms with E-state index in [1.54, 1.807) is 0 Å². The normalized spacial score (nSPS) is 11.1. The Morgan fingerprint density at radius 3 is 2.38 bits per heavy atom. The van der Waals surface area contributed by atoms with E-state index in [1.165, 1.54) is 18.4 Å². The first-order valence-electron chi connectivity index (χ1n) is 5.84. The van der Waals surface area contributed by atoms with Crippen LogP contribution in [0.3, 0.4) is 0 Å². The molecule has 0 saturated heterocycles. The number of rotatable bonds is 6. The van der Waals surface area contributed by atoms with Crippen molar-refractivity contribution in [2.24, 2.45) is 0 Å². The monoisotopic (exact) mass is 303 g/mol. The average Bonchev–Trinajstić information content (AvgIpc) is 2.25. The molecule has 0 aliphatic rings. The van der Waals surface area contributed by atoms with Crippen LogP contribution in [-0.4, -0.2) is 18.0 Å². The molecule has 1 nitrogen and oxygen atoms in total. The lowest BCUT2D eigenvalue weighted by Crippen LogP contribution is -2.25. The van der Waals surface area contributed by atoms with Crippen LogP contribution in [0.4, 0.5) is 0 Å². The Balaban J connectivity index is 2.72. The highest BCUT2D eigenvalue weighted by molar-refractivity contribution is 9.10. The van der Waals surface area contributed by atoms with Gasteiger partial charge in [-0.1, -0.05) is 37.6 Å². The van der Waals surface area contributed by atoms with Crippen LogP contribution in [0, 0.1) is 0 Å². The van der Waals surface area contributed by atoms with Gasteiger partial charge in [-0.15, -0.1) is 0 Å². The van der Waals surface area contributed by atoms with Crippen LogP contribution < -0.4 is 0 Å². The molecular weight excluding hydrogens is 286 g/mol. The van der Waals surface area contributed by atoms with E-state index < -0.39 is 0 Å². The first-order chi connectivity index (χ1) is 7.69. The third-order valence-electron chi connectivity index (χ3n) is 2.51. The number of nitrogens with zero attached hydrogens (tertiary/aromatic N) is 1. The predicted molar refractivity (Wildman–Crippen MR) is 75.0 cm³/mol. The van der Waals surface area contributed by atoms with Crippen molar-refractivity contribution in [1.29, 1.82) is 0 Å². The molecule has 0 aliphatic heterocycles. The van der Waals surface area contributed by atoms with Gasteiger partial charge in [0.2, 0.25) is 0 Å². The van der Waals surface area contributed by atoms with Gasteiger partial charge < -0.3 is 0 Å². The summed E-state index contributed by atoms with van der Waals surface area (Å²) in [6.45, 7) is 7.70. The minimum Gasteiger partial charge on any atom is -0.299 e. The van der Waals surface area contributed by atoms with E-state index in [1.807, 2.05) is 12.1 Å². The largest absolute Gasteiger partial charge is 0.299 e. The number of halogens is 2. The fourth-order valence-electron chi connectivity index (χ4n) is 1.81. The highest BCUT2D eigenvalue weighted by atomic mass is 79.9. The Morgan fingerprint density at radius 1 is 1.19 bits per heavy atom. The van der Waals surface area contributed by atoms with Gasteiger partial charge in [0.1, 0.15) is 0 Å². The van der Waals surface area contributed by atoms with Crippen molar-refractivity contribution in [3.63, 3.8) is 0 Å². The molecule has 0 aromatic heterocycles. The minimum atomic E-state index is 0.797. The van der Waals surface area contributed by atoms with Gasteiger partial charge in [-0.25, -0.2) is 0 Å². The van der Waals surface area contributed by atoms with E-state index in [2.05, 4.69) is 40.7 Å². The van der Waals surface area contributed by atoms with Crippen LogP contribution in [0.5, 0.6) is 0 Å². The first-order valence-corrected chi connectivity index (χ1v) is 7.01. The van der Waals surface area contributed by atoms with E-state index in [9.17, 15) is 0 Å². The molecule has 1 aromatic carbocycles. The van der Waals surface area contributed by atoms with Gasteiger partial charge >= 0.3 is 0 Å². The topological polar surface area (TPSA) is 3.24 Å². The van der Waals surface area contributed by atoms with Gasteiger partial charge in [0.05, 0.1) is 5.02 Å². The third kappa shape index (κ3) is 4.08. The lowest BCUT2D eigenvalue weighted by Gasteiger charge is -2.21. The Hall–Kier alpha value is -0.0500. The molecule has 0 heterocycles. The van der Waals surface area contributed by atoms with Crippen molar-refractivity contribution < 1.29 is 0 Å². The Kier molecular flexibility index (Phi) is 6.40. The minimum absolute atomic E-state index is 0.797. The van der Waals surface area contributed by atoms with Crippen LogP contribution in [-0.2, 0) is 6.54 Å². The summed E-state index contributed by atoms with van der Waals surface area (Å²) < 4.78 is 1.04. The van der Waals surface area contributed by atoms with Crippen LogP contribution in [0.1, 0.15) is 32.3 Å². The molecule has 0 saturated carbocycles. The summed E-state index contributed by atoms with van der Waals surface area (Å²) in [5.74, 6) is 0. The van der Waals surface area contributed by atoms with Gasteiger partial charge in [-0.3, -0.25) is 4.90 Å². The molecule has 0 atom stereocenters. The molecule has 16 heavy (non-hydrogen) atoms. The maximum absolute atomic E-state index is 6.09. The molecule has 90 valence electrons. The lowest BCUT2D eigenvalue weighted by atomic mass is 10.2. The highest BCUT2D eigenvalue weighted by Gasteiger charge is 2.08. The van der Waals surface area contributed by atoms with Crippen LogP contribution in [0.25, 0.3) is 0 Å².